The minimum atomic E-state index is -0.0201. The molecule has 0 radical (unpaired) electrons. The lowest BCUT2D eigenvalue weighted by molar-refractivity contribution is -0.127. The van der Waals surface area contributed by atoms with Gasteiger partial charge in [0.25, 0.3) is 0 Å². The van der Waals surface area contributed by atoms with Gasteiger partial charge >= 0.3 is 0 Å². The van der Waals surface area contributed by atoms with Gasteiger partial charge < -0.3 is 25.0 Å². The smallest absolute Gasteiger partial charge is 0.241 e. The fourth-order valence-corrected chi connectivity index (χ4v) is 3.07. The zero-order valence-corrected chi connectivity index (χ0v) is 19.9. The Hall–Kier alpha value is -2.49. The summed E-state index contributed by atoms with van der Waals surface area (Å²) in [6.45, 7) is 1.27. The monoisotopic (exact) mass is 524 g/mol. The highest BCUT2D eigenvalue weighted by atomic mass is 127. The molecule has 1 amide bonds. The maximum atomic E-state index is 12.0. The van der Waals surface area contributed by atoms with Crippen LogP contribution in [-0.4, -0.2) is 51.1 Å². The average Bonchev–Trinajstić information content (AvgIpc) is 2.75. The number of hydrogen-bond donors (Lipinski definition) is 2. The molecular weight excluding hydrogens is 495 g/mol. The first-order valence-electron chi connectivity index (χ1n) is 9.66. The average molecular weight is 524 g/mol. The number of methoxy groups -OCH3 is 1. The predicted octanol–water partition coefficient (Wildman–Crippen LogP) is 2.96. The lowest BCUT2D eigenvalue weighted by atomic mass is 10.0. The highest BCUT2D eigenvalue weighted by molar-refractivity contribution is 14.0. The Balaban J connectivity index is 0.00000320. The van der Waals surface area contributed by atoms with Gasteiger partial charge in [0.15, 0.2) is 5.96 Å². The molecule has 2 aromatic carbocycles. The van der Waals surface area contributed by atoms with Gasteiger partial charge in [-0.25, -0.2) is 4.99 Å². The summed E-state index contributed by atoms with van der Waals surface area (Å²) in [6.07, 6.45) is 0.818. The van der Waals surface area contributed by atoms with Gasteiger partial charge in [-0.05, 0) is 23.8 Å². The van der Waals surface area contributed by atoms with Crippen molar-refractivity contribution in [1.82, 2.24) is 15.5 Å². The SMILES string of the molecule is COc1cccc(CN=C(NCC(=O)N(C)C)NC2CCOc3ccccc32)c1.I. The number of carbonyl (C=O) groups is 1. The standard InChI is InChI=1S/C22H28N4O3.HI/c1-26(2)21(27)15-24-22(23-14-16-7-6-8-17(13-16)28-3)25-19-11-12-29-20-10-5-4-9-18(19)20;/h4-10,13,19H,11-12,14-15H2,1-3H3,(H2,23,24,25);1H. The van der Waals surface area contributed by atoms with Gasteiger partial charge in [0, 0.05) is 26.1 Å². The van der Waals surface area contributed by atoms with Crippen LogP contribution in [0.5, 0.6) is 11.5 Å². The molecule has 8 heteroatoms. The van der Waals surface area contributed by atoms with Crippen molar-refractivity contribution in [1.29, 1.82) is 0 Å². The van der Waals surface area contributed by atoms with Crippen LogP contribution in [0.3, 0.4) is 0 Å². The molecule has 0 aliphatic carbocycles. The number of benzene rings is 2. The number of para-hydroxylation sites is 1. The Bertz CT molecular complexity index is 873. The summed E-state index contributed by atoms with van der Waals surface area (Å²) in [4.78, 5) is 18.3. The van der Waals surface area contributed by atoms with Crippen molar-refractivity contribution in [2.45, 2.75) is 19.0 Å². The van der Waals surface area contributed by atoms with Crippen LogP contribution in [0.2, 0.25) is 0 Å². The van der Waals surface area contributed by atoms with Gasteiger partial charge in [0.2, 0.25) is 5.91 Å². The van der Waals surface area contributed by atoms with Crippen molar-refractivity contribution in [2.24, 2.45) is 4.99 Å². The minimum Gasteiger partial charge on any atom is -0.497 e. The molecule has 0 saturated heterocycles. The molecular formula is C22H29IN4O3. The van der Waals surface area contributed by atoms with E-state index < -0.39 is 0 Å². The van der Waals surface area contributed by atoms with E-state index in [-0.39, 0.29) is 42.5 Å². The normalized spacial score (nSPS) is 15.2. The molecule has 2 aromatic rings. The van der Waals surface area contributed by atoms with E-state index >= 15 is 0 Å². The molecule has 1 heterocycles. The number of fused-ring (bicyclic) bond motifs is 1. The van der Waals surface area contributed by atoms with E-state index in [0.29, 0.717) is 19.1 Å². The lowest BCUT2D eigenvalue weighted by Crippen LogP contribution is -2.45. The number of ether oxygens (including phenoxy) is 2. The molecule has 0 aromatic heterocycles. The van der Waals surface area contributed by atoms with E-state index in [1.165, 1.54) is 0 Å². The molecule has 1 aliphatic rings. The van der Waals surface area contributed by atoms with Gasteiger partial charge in [-0.3, -0.25) is 4.79 Å². The van der Waals surface area contributed by atoms with E-state index in [1.807, 2.05) is 42.5 Å². The highest BCUT2D eigenvalue weighted by Gasteiger charge is 2.22. The zero-order chi connectivity index (χ0) is 20.6. The number of rotatable bonds is 6. The summed E-state index contributed by atoms with van der Waals surface area (Å²) in [7, 11) is 5.12. The molecule has 3 rings (SSSR count). The molecule has 0 fully saturated rings. The van der Waals surface area contributed by atoms with E-state index in [1.54, 1.807) is 26.1 Å². The highest BCUT2D eigenvalue weighted by Crippen LogP contribution is 2.31. The minimum absolute atomic E-state index is 0. The quantitative estimate of drug-likeness (QED) is 0.346. The Kier molecular flexibility index (Phi) is 9.22. The number of halogens is 1. The van der Waals surface area contributed by atoms with Gasteiger partial charge in [-0.15, -0.1) is 24.0 Å². The molecule has 1 unspecified atom stereocenters. The number of likely N-dealkylation sites (N-methyl/N-ethyl adjacent to an activating group) is 1. The molecule has 0 saturated carbocycles. The number of aliphatic imine (C=N–C) groups is 1. The van der Waals surface area contributed by atoms with Crippen LogP contribution in [0.4, 0.5) is 0 Å². The molecule has 1 atom stereocenters. The number of nitrogens with one attached hydrogen (secondary N) is 2. The molecule has 2 N–H and O–H groups in total. The molecule has 30 heavy (non-hydrogen) atoms. The second kappa shape index (κ2) is 11.6. The Morgan fingerprint density at radius 2 is 2.03 bits per heavy atom. The third kappa shape index (κ3) is 6.51. The summed E-state index contributed by atoms with van der Waals surface area (Å²) < 4.78 is 11.0. The summed E-state index contributed by atoms with van der Waals surface area (Å²) in [5.41, 5.74) is 2.12. The lowest BCUT2D eigenvalue weighted by Gasteiger charge is -2.28. The number of amides is 1. The summed E-state index contributed by atoms with van der Waals surface area (Å²) >= 11 is 0. The first-order valence-corrected chi connectivity index (χ1v) is 9.66. The first-order chi connectivity index (χ1) is 14.1. The largest absolute Gasteiger partial charge is 0.497 e. The third-order valence-corrected chi connectivity index (χ3v) is 4.73. The zero-order valence-electron chi connectivity index (χ0n) is 17.6. The molecule has 0 bridgehead atoms. The second-order valence-corrected chi connectivity index (χ2v) is 7.03. The van der Waals surface area contributed by atoms with Crippen LogP contribution in [0.1, 0.15) is 23.6 Å². The molecule has 7 nitrogen and oxygen atoms in total. The van der Waals surface area contributed by atoms with E-state index in [9.17, 15) is 4.79 Å². The molecule has 1 aliphatic heterocycles. The van der Waals surface area contributed by atoms with Crippen molar-refractivity contribution in [3.63, 3.8) is 0 Å². The van der Waals surface area contributed by atoms with Gasteiger partial charge in [-0.1, -0.05) is 30.3 Å². The third-order valence-electron chi connectivity index (χ3n) is 4.73. The van der Waals surface area contributed by atoms with Crippen molar-refractivity contribution in [2.75, 3.05) is 34.4 Å². The summed E-state index contributed by atoms with van der Waals surface area (Å²) in [6, 6.07) is 15.8. The van der Waals surface area contributed by atoms with Crippen molar-refractivity contribution < 1.29 is 14.3 Å². The van der Waals surface area contributed by atoms with Gasteiger partial charge in [0.05, 0.1) is 32.8 Å². The van der Waals surface area contributed by atoms with E-state index in [4.69, 9.17) is 14.5 Å². The number of guanidine groups is 1. The topological polar surface area (TPSA) is 75.2 Å². The Morgan fingerprint density at radius 3 is 2.80 bits per heavy atom. The molecule has 162 valence electrons. The Morgan fingerprint density at radius 1 is 1.23 bits per heavy atom. The number of hydrogen-bond acceptors (Lipinski definition) is 4. The fourth-order valence-electron chi connectivity index (χ4n) is 3.07. The number of nitrogens with zero attached hydrogens (tertiary/aromatic N) is 2. The van der Waals surface area contributed by atoms with Crippen LogP contribution in [-0.2, 0) is 11.3 Å². The van der Waals surface area contributed by atoms with Crippen LogP contribution in [0.15, 0.2) is 53.5 Å². The first kappa shape index (κ1) is 23.8. The van der Waals surface area contributed by atoms with E-state index in [2.05, 4.69) is 16.7 Å². The maximum absolute atomic E-state index is 12.0. The van der Waals surface area contributed by atoms with Crippen LogP contribution >= 0.6 is 24.0 Å². The Labute approximate surface area is 194 Å². The van der Waals surface area contributed by atoms with Crippen LogP contribution < -0.4 is 20.1 Å². The summed E-state index contributed by atoms with van der Waals surface area (Å²) in [5, 5.41) is 6.62. The van der Waals surface area contributed by atoms with Crippen LogP contribution in [0, 0.1) is 0 Å². The van der Waals surface area contributed by atoms with E-state index in [0.717, 1.165) is 29.0 Å². The van der Waals surface area contributed by atoms with Gasteiger partial charge in [-0.2, -0.15) is 0 Å². The van der Waals surface area contributed by atoms with Gasteiger partial charge in [0.1, 0.15) is 11.5 Å². The van der Waals surface area contributed by atoms with Crippen molar-refractivity contribution in [3.05, 3.63) is 59.7 Å². The fraction of sp³-hybridized carbons (Fsp3) is 0.364. The maximum Gasteiger partial charge on any atom is 0.241 e. The van der Waals surface area contributed by atoms with Crippen molar-refractivity contribution >= 4 is 35.8 Å². The predicted molar refractivity (Wildman–Crippen MR) is 129 cm³/mol. The van der Waals surface area contributed by atoms with Crippen LogP contribution in [0.25, 0.3) is 0 Å². The summed E-state index contributed by atoms with van der Waals surface area (Å²) in [5.74, 6) is 2.24. The van der Waals surface area contributed by atoms with Crippen molar-refractivity contribution in [3.8, 4) is 11.5 Å². The number of carbonyl (C=O) groups excluding carboxylic acids is 1. The second-order valence-electron chi connectivity index (χ2n) is 7.03. The molecule has 0 spiro atoms.